The number of ether oxygens (including phenoxy) is 2. The maximum absolute atomic E-state index is 14.7. The number of hydrogen-bond acceptors (Lipinski definition) is 6. The lowest BCUT2D eigenvalue weighted by Gasteiger charge is -2.35. The van der Waals surface area contributed by atoms with E-state index in [0.717, 1.165) is 11.3 Å². The predicted molar refractivity (Wildman–Crippen MR) is 143 cm³/mol. The maximum Gasteiger partial charge on any atom is 0.267 e. The van der Waals surface area contributed by atoms with Gasteiger partial charge in [0.05, 0.1) is 25.6 Å². The number of carbonyl (C=O) groups excluding carboxylic acids is 2. The molecule has 4 aromatic carbocycles. The minimum absolute atomic E-state index is 0.355. The van der Waals surface area contributed by atoms with Crippen molar-refractivity contribution in [2.75, 3.05) is 24.2 Å². The van der Waals surface area contributed by atoms with Crippen LogP contribution in [0, 0.1) is 0 Å². The molecule has 0 unspecified atom stereocenters. The van der Waals surface area contributed by atoms with Crippen LogP contribution in [0.15, 0.2) is 109 Å². The summed E-state index contributed by atoms with van der Waals surface area (Å²) in [6, 6.07) is 32.8. The van der Waals surface area contributed by atoms with Crippen LogP contribution >= 0.6 is 0 Å². The quantitative estimate of drug-likeness (QED) is 0.340. The van der Waals surface area contributed by atoms with Crippen LogP contribution in [0.4, 0.5) is 11.4 Å². The van der Waals surface area contributed by atoms with Crippen molar-refractivity contribution in [1.82, 2.24) is 0 Å². The molecule has 2 aliphatic heterocycles. The SMILES string of the molecule is COc1ccc([C@@H]2N(c3ccccc3)O[C@H]3C(=O)N(c4cccc(OC)c4)C(=O)[C@]23c2ccccc2)cc1. The number of para-hydroxylation sites is 1. The zero-order valence-electron chi connectivity index (χ0n) is 21.0. The monoisotopic (exact) mass is 506 g/mol. The molecule has 2 amide bonds. The number of anilines is 2. The Bertz CT molecular complexity index is 1480. The molecule has 0 spiro atoms. The lowest BCUT2D eigenvalue weighted by molar-refractivity contribution is -0.126. The van der Waals surface area contributed by atoms with Gasteiger partial charge >= 0.3 is 0 Å². The van der Waals surface area contributed by atoms with E-state index >= 15 is 0 Å². The normalized spacial score (nSPS) is 22.5. The van der Waals surface area contributed by atoms with Crippen molar-refractivity contribution in [2.45, 2.75) is 17.6 Å². The number of nitrogens with zero attached hydrogens (tertiary/aromatic N) is 2. The molecular formula is C31H26N2O5. The number of imide groups is 1. The van der Waals surface area contributed by atoms with Crippen LogP contribution in [0.1, 0.15) is 17.2 Å². The number of rotatable bonds is 6. The fourth-order valence-electron chi connectivity index (χ4n) is 5.57. The summed E-state index contributed by atoms with van der Waals surface area (Å²) in [5.74, 6) is 0.457. The van der Waals surface area contributed by atoms with Crippen molar-refractivity contribution in [2.24, 2.45) is 0 Å². The van der Waals surface area contributed by atoms with E-state index in [0.29, 0.717) is 22.7 Å². The predicted octanol–water partition coefficient (Wildman–Crippen LogP) is 5.08. The number of hydroxylamine groups is 1. The minimum atomic E-state index is -1.36. The Morgan fingerprint density at radius 3 is 2.00 bits per heavy atom. The van der Waals surface area contributed by atoms with Crippen LogP contribution in [-0.4, -0.2) is 32.1 Å². The highest BCUT2D eigenvalue weighted by Crippen LogP contribution is 2.57. The molecule has 0 saturated carbocycles. The highest BCUT2D eigenvalue weighted by atomic mass is 16.7. The second-order valence-electron chi connectivity index (χ2n) is 9.24. The molecular weight excluding hydrogens is 480 g/mol. The molecule has 38 heavy (non-hydrogen) atoms. The third-order valence-corrected chi connectivity index (χ3v) is 7.31. The van der Waals surface area contributed by atoms with Crippen molar-refractivity contribution >= 4 is 23.2 Å². The van der Waals surface area contributed by atoms with Gasteiger partial charge in [-0.05, 0) is 47.5 Å². The molecule has 3 atom stereocenters. The molecule has 2 saturated heterocycles. The van der Waals surface area contributed by atoms with Crippen LogP contribution in [0.3, 0.4) is 0 Å². The topological polar surface area (TPSA) is 68.3 Å². The fourth-order valence-corrected chi connectivity index (χ4v) is 5.57. The number of amides is 2. The van der Waals surface area contributed by atoms with Gasteiger partial charge in [0.2, 0.25) is 5.91 Å². The first kappa shape index (κ1) is 23.8. The Morgan fingerprint density at radius 1 is 0.711 bits per heavy atom. The largest absolute Gasteiger partial charge is 0.497 e. The van der Waals surface area contributed by atoms with E-state index in [2.05, 4.69) is 0 Å². The van der Waals surface area contributed by atoms with E-state index in [-0.39, 0.29) is 5.91 Å². The van der Waals surface area contributed by atoms with Crippen molar-refractivity contribution < 1.29 is 23.9 Å². The van der Waals surface area contributed by atoms with Crippen LogP contribution in [-0.2, 0) is 19.8 Å². The van der Waals surface area contributed by atoms with Gasteiger partial charge < -0.3 is 9.47 Å². The van der Waals surface area contributed by atoms with E-state index in [1.54, 1.807) is 43.5 Å². The van der Waals surface area contributed by atoms with Gasteiger partial charge in [-0.2, -0.15) is 0 Å². The molecule has 6 rings (SSSR count). The van der Waals surface area contributed by atoms with Gasteiger partial charge in [0.25, 0.3) is 5.91 Å². The van der Waals surface area contributed by atoms with Crippen LogP contribution in [0.25, 0.3) is 0 Å². The number of hydrogen-bond donors (Lipinski definition) is 0. The van der Waals surface area contributed by atoms with E-state index in [1.807, 2.05) is 84.9 Å². The average Bonchev–Trinajstić information content (AvgIpc) is 3.45. The Kier molecular flexibility index (Phi) is 5.85. The van der Waals surface area contributed by atoms with Crippen LogP contribution < -0.4 is 19.4 Å². The number of benzene rings is 4. The number of carbonyl (C=O) groups is 2. The van der Waals surface area contributed by atoms with Gasteiger partial charge in [0.1, 0.15) is 23.0 Å². The molecule has 2 fully saturated rings. The molecule has 0 aromatic heterocycles. The first-order valence-corrected chi connectivity index (χ1v) is 12.3. The first-order chi connectivity index (χ1) is 18.6. The van der Waals surface area contributed by atoms with E-state index in [1.165, 1.54) is 4.90 Å². The van der Waals surface area contributed by atoms with E-state index < -0.39 is 23.5 Å². The van der Waals surface area contributed by atoms with Crippen molar-refractivity contribution in [3.63, 3.8) is 0 Å². The van der Waals surface area contributed by atoms with Gasteiger partial charge in [-0.3, -0.25) is 14.4 Å². The molecule has 0 radical (unpaired) electrons. The molecule has 7 heteroatoms. The van der Waals surface area contributed by atoms with Crippen molar-refractivity contribution in [3.05, 3.63) is 120 Å². The van der Waals surface area contributed by atoms with Gasteiger partial charge in [-0.15, -0.1) is 0 Å². The van der Waals surface area contributed by atoms with E-state index in [9.17, 15) is 9.59 Å². The minimum Gasteiger partial charge on any atom is -0.497 e. The first-order valence-electron chi connectivity index (χ1n) is 12.3. The van der Waals surface area contributed by atoms with Crippen LogP contribution in [0.2, 0.25) is 0 Å². The van der Waals surface area contributed by atoms with Gasteiger partial charge in [-0.25, -0.2) is 9.96 Å². The van der Waals surface area contributed by atoms with E-state index in [4.69, 9.17) is 14.3 Å². The Balaban J connectivity index is 1.60. The third kappa shape index (κ3) is 3.47. The second-order valence-corrected chi connectivity index (χ2v) is 9.24. The zero-order chi connectivity index (χ0) is 26.3. The molecule has 0 N–H and O–H groups in total. The Labute approximate surface area is 220 Å². The van der Waals surface area contributed by atoms with Crippen molar-refractivity contribution in [1.29, 1.82) is 0 Å². The number of methoxy groups -OCH3 is 2. The summed E-state index contributed by atoms with van der Waals surface area (Å²) in [5.41, 5.74) is 1.34. The second kappa shape index (κ2) is 9.36. The molecule has 0 aliphatic carbocycles. The standard InChI is InChI=1S/C31H26N2O5/c1-36-25-18-16-21(17-19-25)27-31(22-10-5-3-6-11-22)28(38-33(27)23-12-7-4-8-13-23)29(34)32(30(31)35)24-14-9-15-26(20-24)37-2/h3-20,27-28H,1-2H3/t27-,28-,31+/m0/s1. The molecule has 0 bridgehead atoms. The fraction of sp³-hybridized carbons (Fsp3) is 0.161. The highest BCUT2D eigenvalue weighted by Gasteiger charge is 2.72. The molecule has 2 heterocycles. The summed E-state index contributed by atoms with van der Waals surface area (Å²) in [4.78, 5) is 36.6. The van der Waals surface area contributed by atoms with Gasteiger partial charge in [0.15, 0.2) is 6.10 Å². The highest BCUT2D eigenvalue weighted by molar-refractivity contribution is 6.28. The van der Waals surface area contributed by atoms with Gasteiger partial charge in [-0.1, -0.05) is 66.7 Å². The summed E-state index contributed by atoms with van der Waals surface area (Å²) < 4.78 is 10.8. The third-order valence-electron chi connectivity index (χ3n) is 7.31. The summed E-state index contributed by atoms with van der Waals surface area (Å²) in [7, 11) is 3.16. The maximum atomic E-state index is 14.7. The van der Waals surface area contributed by atoms with Gasteiger partial charge in [0, 0.05) is 6.07 Å². The van der Waals surface area contributed by atoms with Crippen molar-refractivity contribution in [3.8, 4) is 11.5 Å². The summed E-state index contributed by atoms with van der Waals surface area (Å²) in [6.45, 7) is 0. The summed E-state index contributed by atoms with van der Waals surface area (Å²) >= 11 is 0. The lowest BCUT2D eigenvalue weighted by atomic mass is 9.69. The lowest BCUT2D eigenvalue weighted by Crippen LogP contribution is -2.46. The summed E-state index contributed by atoms with van der Waals surface area (Å²) in [5, 5.41) is 1.71. The Morgan fingerprint density at radius 2 is 1.34 bits per heavy atom. The summed E-state index contributed by atoms with van der Waals surface area (Å²) in [6.07, 6.45) is -1.09. The number of fused-ring (bicyclic) bond motifs is 1. The molecule has 4 aromatic rings. The molecule has 2 aliphatic rings. The molecule has 7 nitrogen and oxygen atoms in total. The average molecular weight is 507 g/mol. The molecule has 190 valence electrons. The smallest absolute Gasteiger partial charge is 0.267 e. The van der Waals surface area contributed by atoms with Crippen LogP contribution in [0.5, 0.6) is 11.5 Å². The Hall–Kier alpha value is -4.62. The zero-order valence-corrected chi connectivity index (χ0v) is 21.0.